The van der Waals surface area contributed by atoms with Gasteiger partial charge in [-0.1, -0.05) is 86.6 Å². The Kier molecular flexibility index (Phi) is 25.6. The minimum atomic E-state index is -6.63. The Balaban J connectivity index is 0.000000141. The minimum absolute atomic E-state index is 0.0497. The second-order valence-electron chi connectivity index (χ2n) is 33.2. The summed E-state index contributed by atoms with van der Waals surface area (Å²) in [5.74, 6) is -21.1. The van der Waals surface area contributed by atoms with Crippen molar-refractivity contribution in [1.82, 2.24) is 0 Å². The van der Waals surface area contributed by atoms with E-state index >= 15 is 0 Å². The zero-order chi connectivity index (χ0) is 86.7. The zero-order valence-electron chi connectivity index (χ0n) is 65.5. The molecule has 34 heteroatoms. The molecule has 12 fully saturated rings. The van der Waals surface area contributed by atoms with E-state index in [1.54, 1.807) is 0 Å². The van der Waals surface area contributed by atoms with Gasteiger partial charge >= 0.3 is 68.7 Å². The number of alkyl halides is 12. The Labute approximate surface area is 692 Å². The van der Waals surface area contributed by atoms with E-state index in [0.717, 1.165) is 116 Å². The van der Waals surface area contributed by atoms with Crippen molar-refractivity contribution in [3.05, 3.63) is 169 Å². The van der Waals surface area contributed by atoms with Crippen LogP contribution in [-0.4, -0.2) is 116 Å². The average molecular weight is 1760 g/mol. The van der Waals surface area contributed by atoms with Gasteiger partial charge in [-0.15, -0.1) is 0 Å². The molecular weight excluding hydrogens is 1680 g/mol. The van der Waals surface area contributed by atoms with Crippen molar-refractivity contribution in [2.75, 3.05) is 6.61 Å². The molecule has 1 heterocycles. The van der Waals surface area contributed by atoms with Crippen LogP contribution in [0.25, 0.3) is 0 Å². The predicted octanol–water partition coefficient (Wildman–Crippen LogP) is 17.4. The Morgan fingerprint density at radius 2 is 1.00 bits per heavy atom. The van der Waals surface area contributed by atoms with Gasteiger partial charge in [0.15, 0.2) is 46.1 Å². The maximum atomic E-state index is 13.8. The highest BCUT2D eigenvalue weighted by Gasteiger charge is 2.78. The summed E-state index contributed by atoms with van der Waals surface area (Å²) >= 11 is 0. The molecule has 0 spiro atoms. The number of benzene rings is 6. The Bertz CT molecular complexity index is 4840. The highest BCUT2D eigenvalue weighted by molar-refractivity contribution is 7.97. The maximum Gasteiger partial charge on any atom is 0.518 e. The van der Waals surface area contributed by atoms with Gasteiger partial charge in [-0.25, -0.2) is 22.8 Å². The van der Waals surface area contributed by atoms with Crippen LogP contribution in [0.15, 0.2) is 191 Å². The number of nitrogens with zero attached hydrogens (tertiary/aromatic N) is 1. The standard InChI is InChI=1S/C29H33O3S.C23H28F2O9S.C22H14F7O2S.C12H16F3NO3S/c1-4-29(17-11-12-18-29)32-27(30)21-31-28-22(2)19-26(20-23(28)3)33(24-13-7-5-8-14-24)25-15-9-6-10-16-25;1-2-22(11-4-9-3-10(6-11)7-12(22)5-9)34-20(27)16-14-8-13-15(16)19(26)32-17(13)18(14)33-21(28)23(24,25)35(29,30)31;23-20(24,21(25,26)22(27,28)29)19(30)31-15-11-13-18(14-12-15)32(16-7-3-1-4-8-16)17-9-5-2-6-10-17;13-12(14,15)20(18,19)16-10(17)11-4-7-1-8(5-11)3-9(2-7)6-11/h5-10,13-16,19-20H,4,11-12,17-18,21H2,1-3H3;9-18H,2-8H2,1H3,(H,29,30,31);1-14H;7-9H,1-6H2,(H,16,17)/q+1;;+1;/p-2. The smallest absolute Gasteiger partial charge is 0.518 e. The van der Waals surface area contributed by atoms with E-state index in [1.165, 1.54) is 33.2 Å². The number of aryl methyl sites for hydroxylation is 2. The fourth-order valence-corrected chi connectivity index (χ4v) is 25.9. The first-order chi connectivity index (χ1) is 56.4. The summed E-state index contributed by atoms with van der Waals surface area (Å²) in [4.78, 5) is 68.5. The molecule has 18 rings (SSSR count). The third-order valence-electron chi connectivity index (χ3n) is 25.6. The van der Waals surface area contributed by atoms with Gasteiger partial charge in [-0.2, -0.15) is 65.5 Å². The van der Waals surface area contributed by atoms with Gasteiger partial charge in [0, 0.05) is 29.4 Å². The van der Waals surface area contributed by atoms with E-state index < -0.39 is 142 Å². The Morgan fingerprint density at radius 1 is 0.558 bits per heavy atom. The molecular formula is C86H89F12NO17S4. The number of esters is 5. The molecule has 12 aliphatic rings. The quantitative estimate of drug-likeness (QED) is 0.00893. The van der Waals surface area contributed by atoms with Crippen LogP contribution in [0.2, 0.25) is 0 Å². The number of carbonyl (C=O) groups excluding carboxylic acids is 5. The van der Waals surface area contributed by atoms with Gasteiger partial charge in [-0.05, 0) is 261 Å². The average Bonchev–Trinajstić information content (AvgIpc) is 1.50. The first-order valence-corrected chi connectivity index (χ1v) is 45.1. The molecule has 11 saturated carbocycles. The number of rotatable bonds is 22. The van der Waals surface area contributed by atoms with Gasteiger partial charge < -0.3 is 38.1 Å². The van der Waals surface area contributed by atoms with Crippen molar-refractivity contribution in [2.45, 2.75) is 225 Å². The van der Waals surface area contributed by atoms with E-state index in [4.69, 9.17) is 23.7 Å². The first-order valence-electron chi connectivity index (χ1n) is 39.8. The van der Waals surface area contributed by atoms with Crippen molar-refractivity contribution in [2.24, 2.45) is 74.9 Å². The summed E-state index contributed by atoms with van der Waals surface area (Å²) in [6.07, 6.45) is 6.50. The lowest BCUT2D eigenvalue weighted by atomic mass is 9.49. The van der Waals surface area contributed by atoms with Crippen molar-refractivity contribution >= 4 is 77.7 Å². The molecule has 6 aromatic rings. The summed E-state index contributed by atoms with van der Waals surface area (Å²) in [7, 11) is -12.9. The summed E-state index contributed by atoms with van der Waals surface area (Å²) in [5.41, 5.74) is -5.29. The number of carbonyl (C=O) groups is 5. The molecule has 648 valence electrons. The molecule has 11 aliphatic carbocycles. The molecule has 6 unspecified atom stereocenters. The maximum absolute atomic E-state index is 13.8. The van der Waals surface area contributed by atoms with Crippen LogP contribution in [0.3, 0.4) is 0 Å². The lowest BCUT2D eigenvalue weighted by Crippen LogP contribution is -2.60. The zero-order valence-corrected chi connectivity index (χ0v) is 68.8. The lowest BCUT2D eigenvalue weighted by Gasteiger charge is -2.60. The summed E-state index contributed by atoms with van der Waals surface area (Å²) in [6, 6.07) is 49.1. The fourth-order valence-electron chi connectivity index (χ4n) is 20.8. The van der Waals surface area contributed by atoms with E-state index in [-0.39, 0.29) is 47.3 Å². The molecule has 120 heavy (non-hydrogen) atoms. The van der Waals surface area contributed by atoms with Gasteiger partial charge in [0.05, 0.1) is 33.6 Å². The molecule has 10 bridgehead atoms. The van der Waals surface area contributed by atoms with Crippen molar-refractivity contribution in [3.63, 3.8) is 0 Å². The molecule has 1 aliphatic heterocycles. The normalized spacial score (nSPS) is 28.1. The van der Waals surface area contributed by atoms with Crippen LogP contribution in [0.5, 0.6) is 11.5 Å². The monoisotopic (exact) mass is 1760 g/mol. The van der Waals surface area contributed by atoms with Crippen LogP contribution in [0.4, 0.5) is 52.7 Å². The number of hydrogen-bond donors (Lipinski definition) is 0. The van der Waals surface area contributed by atoms with E-state index in [1.807, 2.05) is 67.6 Å². The van der Waals surface area contributed by atoms with Crippen LogP contribution >= 0.6 is 0 Å². The largest absolute Gasteiger partial charge is 0.861 e. The predicted molar refractivity (Wildman–Crippen MR) is 409 cm³/mol. The van der Waals surface area contributed by atoms with Crippen LogP contribution in [-0.2, 0) is 84.9 Å². The highest BCUT2D eigenvalue weighted by atomic mass is 32.2. The van der Waals surface area contributed by atoms with Crippen molar-refractivity contribution < 1.29 is 132 Å². The second kappa shape index (κ2) is 34.4. The topological polar surface area (TPSA) is 267 Å². The molecule has 18 nitrogen and oxygen atoms in total. The SMILES string of the molecule is CCC1(OC(=O)C2C3CC4C(OC(=O)C42)C3OC(=O)C(F)(F)S(=O)(=O)[O-])C2CC3CC(C2)CC1C3.CCC1(OC(=O)COc2c(C)cc([S+](c3ccccc3)c3ccccc3)cc2C)CCCC1.O=C(Oc1ccc([S+](c2ccccc2)c2ccccc2)cc1)C(F)(F)C(F)(F)C(F)(F)F.O=S(=O)(N=C([O-])C12CC3CC(CC(C3)C1)C2)C(F)(F)F. The van der Waals surface area contributed by atoms with E-state index in [9.17, 15) is 103 Å². The molecule has 6 aromatic carbocycles. The van der Waals surface area contributed by atoms with Crippen LogP contribution in [0.1, 0.15) is 141 Å². The number of halogens is 12. The summed E-state index contributed by atoms with van der Waals surface area (Å²) in [5, 5.41) is 6.82. The Morgan fingerprint density at radius 3 is 1.43 bits per heavy atom. The molecule has 0 N–H and O–H groups in total. The second-order valence-corrected chi connectivity index (χ2v) is 40.2. The minimum Gasteiger partial charge on any atom is -0.861 e. The van der Waals surface area contributed by atoms with Gasteiger partial charge in [0.1, 0.15) is 34.9 Å². The van der Waals surface area contributed by atoms with Crippen LogP contribution < -0.4 is 14.6 Å². The van der Waals surface area contributed by atoms with E-state index in [0.29, 0.717) is 60.2 Å². The molecule has 1 saturated heterocycles. The lowest BCUT2D eigenvalue weighted by molar-refractivity contribution is -0.346. The summed E-state index contributed by atoms with van der Waals surface area (Å²) < 4.78 is 244. The Hall–Kier alpha value is -8.34. The number of hydrogen-bond acceptors (Lipinski definition) is 17. The molecule has 0 amide bonds. The summed E-state index contributed by atoms with van der Waals surface area (Å²) in [6.45, 7) is 8.15. The highest BCUT2D eigenvalue weighted by Crippen LogP contribution is 2.65. The molecule has 0 aromatic heterocycles. The fraction of sp³-hybridized carbons (Fsp3) is 0.512. The first kappa shape index (κ1) is 89.4. The molecule has 6 atom stereocenters. The third kappa shape index (κ3) is 17.8. The van der Waals surface area contributed by atoms with Crippen LogP contribution in [0, 0.1) is 84.4 Å². The number of ether oxygens (including phenoxy) is 6. The van der Waals surface area contributed by atoms with E-state index in [2.05, 4.69) is 103 Å². The number of fused-ring (bicyclic) bond motifs is 1. The number of sulfonamides is 1. The van der Waals surface area contributed by atoms with Crippen molar-refractivity contribution in [1.29, 1.82) is 0 Å². The molecule has 0 radical (unpaired) electrons. The van der Waals surface area contributed by atoms with Gasteiger partial charge in [-0.3, -0.25) is 9.59 Å². The van der Waals surface area contributed by atoms with Gasteiger partial charge in [0.2, 0.25) is 0 Å². The third-order valence-corrected chi connectivity index (χ3v) is 31.9. The van der Waals surface area contributed by atoms with Gasteiger partial charge in [0.25, 0.3) is 0 Å². The van der Waals surface area contributed by atoms with Crippen molar-refractivity contribution in [3.8, 4) is 11.5 Å².